The van der Waals surface area contributed by atoms with Crippen molar-refractivity contribution < 1.29 is 4.79 Å². The van der Waals surface area contributed by atoms with Gasteiger partial charge in [-0.2, -0.15) is 5.26 Å². The smallest absolute Gasteiger partial charge is 0.237 e. The molecule has 1 fully saturated rings. The minimum Gasteiger partial charge on any atom is -0.352 e. The second kappa shape index (κ2) is 4.97. The van der Waals surface area contributed by atoms with Crippen LogP contribution in [0, 0.1) is 11.3 Å². The molecule has 0 radical (unpaired) electrons. The van der Waals surface area contributed by atoms with Crippen LogP contribution in [-0.2, 0) is 4.79 Å². The highest BCUT2D eigenvalue weighted by Gasteiger charge is 2.26. The third kappa shape index (κ3) is 3.35. The summed E-state index contributed by atoms with van der Waals surface area (Å²) in [6.45, 7) is 2.52. The van der Waals surface area contributed by atoms with Crippen LogP contribution in [0.1, 0.15) is 26.2 Å². The molecule has 0 saturated heterocycles. The zero-order chi connectivity index (χ0) is 10.6. The highest BCUT2D eigenvalue weighted by atomic mass is 16.2. The first-order valence-electron chi connectivity index (χ1n) is 5.02. The zero-order valence-corrected chi connectivity index (χ0v) is 8.79. The van der Waals surface area contributed by atoms with Gasteiger partial charge in [0.1, 0.15) is 0 Å². The third-order valence-electron chi connectivity index (χ3n) is 2.54. The van der Waals surface area contributed by atoms with E-state index < -0.39 is 0 Å². The van der Waals surface area contributed by atoms with Crippen molar-refractivity contribution >= 4 is 5.91 Å². The molecule has 0 heterocycles. The molecule has 0 aromatic heterocycles. The van der Waals surface area contributed by atoms with Gasteiger partial charge in [0.25, 0.3) is 0 Å². The number of hydrogen-bond acceptors (Lipinski definition) is 3. The van der Waals surface area contributed by atoms with Gasteiger partial charge in [-0.3, -0.25) is 9.69 Å². The van der Waals surface area contributed by atoms with E-state index in [-0.39, 0.29) is 11.9 Å². The molecule has 1 unspecified atom stereocenters. The van der Waals surface area contributed by atoms with Crippen LogP contribution in [0.3, 0.4) is 0 Å². The summed E-state index contributed by atoms with van der Waals surface area (Å²) in [4.78, 5) is 13.5. The summed E-state index contributed by atoms with van der Waals surface area (Å²) in [6, 6.07) is 2.35. The zero-order valence-electron chi connectivity index (χ0n) is 8.79. The molecule has 0 aromatic carbocycles. The van der Waals surface area contributed by atoms with Crippen LogP contribution in [0.4, 0.5) is 0 Å². The maximum atomic E-state index is 11.6. The Kier molecular flexibility index (Phi) is 3.90. The van der Waals surface area contributed by atoms with Crippen LogP contribution in [0.25, 0.3) is 0 Å². The number of amides is 1. The second-order valence-corrected chi connectivity index (χ2v) is 3.85. The van der Waals surface area contributed by atoms with E-state index >= 15 is 0 Å². The predicted molar refractivity (Wildman–Crippen MR) is 53.5 cm³/mol. The lowest BCUT2D eigenvalue weighted by Gasteiger charge is -2.22. The first-order chi connectivity index (χ1) is 6.65. The maximum absolute atomic E-state index is 11.6. The van der Waals surface area contributed by atoms with E-state index in [1.807, 2.05) is 18.9 Å². The van der Waals surface area contributed by atoms with Gasteiger partial charge < -0.3 is 5.32 Å². The number of nitriles is 1. The molecule has 0 spiro atoms. The number of rotatable bonds is 5. The van der Waals surface area contributed by atoms with Crippen molar-refractivity contribution in [2.45, 2.75) is 38.3 Å². The Labute approximate surface area is 84.9 Å². The summed E-state index contributed by atoms with van der Waals surface area (Å²) in [7, 11) is 1.87. The molecule has 0 aromatic rings. The Morgan fingerprint density at radius 1 is 1.71 bits per heavy atom. The lowest BCUT2D eigenvalue weighted by molar-refractivity contribution is -0.125. The number of carbonyl (C=O) groups is 1. The summed E-state index contributed by atoms with van der Waals surface area (Å²) >= 11 is 0. The Hall–Kier alpha value is -1.08. The van der Waals surface area contributed by atoms with Gasteiger partial charge in [0.05, 0.1) is 12.1 Å². The number of hydrogen-bond donors (Lipinski definition) is 1. The minimum absolute atomic E-state index is 0.0768. The molecule has 1 N–H and O–H groups in total. The van der Waals surface area contributed by atoms with Crippen molar-refractivity contribution in [1.29, 1.82) is 5.26 Å². The molecule has 0 aliphatic heterocycles. The Morgan fingerprint density at radius 3 is 2.86 bits per heavy atom. The lowest BCUT2D eigenvalue weighted by Crippen LogP contribution is -2.44. The molecule has 0 bridgehead atoms. The van der Waals surface area contributed by atoms with Crippen LogP contribution < -0.4 is 5.32 Å². The van der Waals surface area contributed by atoms with Crippen molar-refractivity contribution in [3.8, 4) is 6.07 Å². The molecule has 1 atom stereocenters. The number of likely N-dealkylation sites (N-methyl/N-ethyl adjacent to an activating group) is 1. The van der Waals surface area contributed by atoms with Gasteiger partial charge in [-0.05, 0) is 26.8 Å². The quantitative estimate of drug-likeness (QED) is 0.695. The monoisotopic (exact) mass is 195 g/mol. The van der Waals surface area contributed by atoms with Crippen molar-refractivity contribution in [1.82, 2.24) is 10.2 Å². The van der Waals surface area contributed by atoms with Gasteiger partial charge in [0.15, 0.2) is 0 Å². The molecule has 1 rings (SSSR count). The average molecular weight is 195 g/mol. The van der Waals surface area contributed by atoms with Crippen molar-refractivity contribution in [3.05, 3.63) is 0 Å². The molecule has 1 amide bonds. The van der Waals surface area contributed by atoms with E-state index in [0.29, 0.717) is 19.0 Å². The highest BCUT2D eigenvalue weighted by molar-refractivity contribution is 5.81. The van der Waals surface area contributed by atoms with Gasteiger partial charge in [0.2, 0.25) is 5.91 Å². The summed E-state index contributed by atoms with van der Waals surface area (Å²) in [5, 5.41) is 11.4. The SMILES string of the molecule is CC(C(=O)NC1CC1)N(C)CCC#N. The fraction of sp³-hybridized carbons (Fsp3) is 0.800. The average Bonchev–Trinajstić information content (AvgIpc) is 2.96. The molecule has 4 nitrogen and oxygen atoms in total. The first-order valence-corrected chi connectivity index (χ1v) is 5.02. The standard InChI is InChI=1S/C10H17N3O/c1-8(13(2)7-3-6-11)10(14)12-9-4-5-9/h8-9H,3-5,7H2,1-2H3,(H,12,14). The summed E-state index contributed by atoms with van der Waals surface area (Å²) in [5.41, 5.74) is 0. The molecule has 1 aliphatic rings. The largest absolute Gasteiger partial charge is 0.352 e. The number of carbonyl (C=O) groups excluding carboxylic acids is 1. The van der Waals surface area contributed by atoms with Crippen molar-refractivity contribution in [2.75, 3.05) is 13.6 Å². The molecule has 1 aliphatic carbocycles. The number of nitrogens with one attached hydrogen (secondary N) is 1. The molecular weight excluding hydrogens is 178 g/mol. The minimum atomic E-state index is -0.135. The first kappa shape index (κ1) is 11.0. The highest BCUT2D eigenvalue weighted by Crippen LogP contribution is 2.18. The van der Waals surface area contributed by atoms with Crippen LogP contribution in [-0.4, -0.2) is 36.5 Å². The third-order valence-corrected chi connectivity index (χ3v) is 2.54. The Bertz CT molecular complexity index is 242. The normalized spacial score (nSPS) is 17.6. The predicted octanol–water partition coefficient (Wildman–Crippen LogP) is 0.499. The van der Waals surface area contributed by atoms with E-state index in [4.69, 9.17) is 5.26 Å². The Morgan fingerprint density at radius 2 is 2.36 bits per heavy atom. The molecule has 78 valence electrons. The van der Waals surface area contributed by atoms with Crippen LogP contribution in [0.5, 0.6) is 0 Å². The fourth-order valence-corrected chi connectivity index (χ4v) is 1.17. The van der Waals surface area contributed by atoms with E-state index in [0.717, 1.165) is 12.8 Å². The topological polar surface area (TPSA) is 56.1 Å². The second-order valence-electron chi connectivity index (χ2n) is 3.85. The van der Waals surface area contributed by atoms with Crippen LogP contribution in [0.2, 0.25) is 0 Å². The van der Waals surface area contributed by atoms with Crippen LogP contribution >= 0.6 is 0 Å². The maximum Gasteiger partial charge on any atom is 0.237 e. The van der Waals surface area contributed by atoms with Gasteiger partial charge in [-0.15, -0.1) is 0 Å². The van der Waals surface area contributed by atoms with Gasteiger partial charge in [0, 0.05) is 19.0 Å². The molecule has 4 heteroatoms. The number of nitrogens with zero attached hydrogens (tertiary/aromatic N) is 2. The lowest BCUT2D eigenvalue weighted by atomic mass is 10.2. The van der Waals surface area contributed by atoms with E-state index in [1.165, 1.54) is 0 Å². The van der Waals surface area contributed by atoms with Gasteiger partial charge >= 0.3 is 0 Å². The molecule has 1 saturated carbocycles. The fourth-order valence-electron chi connectivity index (χ4n) is 1.17. The van der Waals surface area contributed by atoms with Gasteiger partial charge in [-0.25, -0.2) is 0 Å². The van der Waals surface area contributed by atoms with Crippen molar-refractivity contribution in [3.63, 3.8) is 0 Å². The Balaban J connectivity index is 2.26. The van der Waals surface area contributed by atoms with Crippen molar-refractivity contribution in [2.24, 2.45) is 0 Å². The molecule has 14 heavy (non-hydrogen) atoms. The van der Waals surface area contributed by atoms with Crippen LogP contribution in [0.15, 0.2) is 0 Å². The van der Waals surface area contributed by atoms with E-state index in [2.05, 4.69) is 11.4 Å². The summed E-state index contributed by atoms with van der Waals surface area (Å²) in [6.07, 6.45) is 2.69. The molecular formula is C10H17N3O. The summed E-state index contributed by atoms with van der Waals surface area (Å²) in [5.74, 6) is 0.0768. The van der Waals surface area contributed by atoms with Gasteiger partial charge in [-0.1, -0.05) is 0 Å². The van der Waals surface area contributed by atoms with E-state index in [1.54, 1.807) is 0 Å². The van der Waals surface area contributed by atoms with E-state index in [9.17, 15) is 4.79 Å². The summed E-state index contributed by atoms with van der Waals surface area (Å²) < 4.78 is 0.